The largest absolute Gasteiger partial charge is 0.454 e. The number of hydrogen-bond donors (Lipinski definition) is 2. The van der Waals surface area contributed by atoms with E-state index < -0.39 is 23.5 Å². The van der Waals surface area contributed by atoms with Gasteiger partial charge in [0.25, 0.3) is 5.91 Å². The second kappa shape index (κ2) is 9.96. The number of furan rings is 1. The number of hydrogen-bond acceptors (Lipinski definition) is 6. The summed E-state index contributed by atoms with van der Waals surface area (Å²) in [6.07, 6.45) is -0.629. The van der Waals surface area contributed by atoms with Crippen LogP contribution in [0.25, 0.3) is 0 Å². The first-order chi connectivity index (χ1) is 12.6. The van der Waals surface area contributed by atoms with Crippen LogP contribution in [0.15, 0.2) is 16.5 Å². The Hall–Kier alpha value is -2.55. The number of rotatable bonds is 7. The van der Waals surface area contributed by atoms with E-state index in [0.29, 0.717) is 12.3 Å². The van der Waals surface area contributed by atoms with Gasteiger partial charge >= 0.3 is 12.0 Å². The molecule has 2 N–H and O–H groups in total. The molecule has 27 heavy (non-hydrogen) atoms. The molecule has 1 aromatic rings. The molecule has 0 saturated carbocycles. The summed E-state index contributed by atoms with van der Waals surface area (Å²) < 4.78 is 10.6. The van der Waals surface area contributed by atoms with E-state index in [4.69, 9.17) is 9.15 Å². The summed E-state index contributed by atoms with van der Waals surface area (Å²) in [4.78, 5) is 39.0. The van der Waals surface area contributed by atoms with Crippen LogP contribution in [0.5, 0.6) is 0 Å². The third-order valence-corrected chi connectivity index (χ3v) is 3.56. The van der Waals surface area contributed by atoms with Gasteiger partial charge in [-0.05, 0) is 46.0 Å². The van der Waals surface area contributed by atoms with Crippen molar-refractivity contribution in [3.63, 3.8) is 0 Å². The topological polar surface area (TPSA) is 104 Å². The molecule has 0 aliphatic rings. The number of ether oxygens (including phenoxy) is 1. The predicted octanol–water partition coefficient (Wildman–Crippen LogP) is 1.75. The van der Waals surface area contributed by atoms with Crippen LogP contribution in [0.2, 0.25) is 0 Å². The number of nitrogens with zero attached hydrogens (tertiary/aromatic N) is 2. The van der Waals surface area contributed by atoms with Gasteiger partial charge in [-0.15, -0.1) is 0 Å². The summed E-state index contributed by atoms with van der Waals surface area (Å²) in [5, 5.41) is 0. The van der Waals surface area contributed by atoms with E-state index in [2.05, 4.69) is 15.8 Å². The number of nitrogens with one attached hydrogen (secondary N) is 2. The zero-order chi connectivity index (χ0) is 20.6. The maximum absolute atomic E-state index is 12.1. The van der Waals surface area contributed by atoms with Crippen molar-refractivity contribution in [3.05, 3.63) is 23.7 Å². The minimum atomic E-state index is -0.655. The van der Waals surface area contributed by atoms with Gasteiger partial charge in [-0.3, -0.25) is 25.3 Å². The van der Waals surface area contributed by atoms with Crippen molar-refractivity contribution in [1.29, 1.82) is 0 Å². The number of likely N-dealkylation sites (N-methyl/N-ethyl adjacent to an activating group) is 1. The smallest absolute Gasteiger partial charge is 0.410 e. The van der Waals surface area contributed by atoms with E-state index >= 15 is 0 Å². The lowest BCUT2D eigenvalue weighted by atomic mass is 10.2. The third-order valence-electron chi connectivity index (χ3n) is 3.56. The molecule has 152 valence electrons. The van der Waals surface area contributed by atoms with Crippen LogP contribution in [0, 0.1) is 0 Å². The maximum Gasteiger partial charge on any atom is 0.410 e. The lowest BCUT2D eigenvalue weighted by molar-refractivity contribution is -0.122. The van der Waals surface area contributed by atoms with Gasteiger partial charge in [0.05, 0.1) is 6.54 Å². The second-order valence-corrected chi connectivity index (χ2v) is 7.07. The van der Waals surface area contributed by atoms with E-state index in [1.165, 1.54) is 7.05 Å². The molecule has 0 aromatic carbocycles. The van der Waals surface area contributed by atoms with Crippen molar-refractivity contribution >= 4 is 17.9 Å². The number of amides is 3. The van der Waals surface area contributed by atoms with E-state index in [1.807, 2.05) is 13.8 Å². The molecule has 0 fully saturated rings. The van der Waals surface area contributed by atoms with E-state index in [9.17, 15) is 14.4 Å². The lowest BCUT2D eigenvalue weighted by Crippen LogP contribution is -2.47. The molecule has 0 aliphatic heterocycles. The van der Waals surface area contributed by atoms with Crippen molar-refractivity contribution in [2.45, 2.75) is 46.8 Å². The second-order valence-electron chi connectivity index (χ2n) is 7.07. The Labute approximate surface area is 160 Å². The normalized spacial score (nSPS) is 11.2. The van der Waals surface area contributed by atoms with Crippen LogP contribution in [-0.2, 0) is 16.1 Å². The Bertz CT molecular complexity index is 646. The average molecular weight is 382 g/mol. The summed E-state index contributed by atoms with van der Waals surface area (Å²) in [6, 6.07) is 3.28. The molecule has 0 unspecified atom stereocenters. The van der Waals surface area contributed by atoms with Crippen LogP contribution in [0.4, 0.5) is 4.79 Å². The molecule has 0 radical (unpaired) electrons. The monoisotopic (exact) mass is 382 g/mol. The highest BCUT2D eigenvalue weighted by Gasteiger charge is 2.21. The first-order valence-electron chi connectivity index (χ1n) is 8.90. The molecule has 0 bridgehead atoms. The Morgan fingerprint density at radius 3 is 2.30 bits per heavy atom. The summed E-state index contributed by atoms with van der Waals surface area (Å²) in [5.74, 6) is -0.376. The van der Waals surface area contributed by atoms with Crippen molar-refractivity contribution < 1.29 is 23.5 Å². The highest BCUT2D eigenvalue weighted by atomic mass is 16.6. The minimum Gasteiger partial charge on any atom is -0.454 e. The molecule has 9 heteroatoms. The summed E-state index contributed by atoms with van der Waals surface area (Å²) in [5.41, 5.74) is 3.85. The molecular weight excluding hydrogens is 352 g/mol. The fraction of sp³-hybridized carbons (Fsp3) is 0.611. The SMILES string of the molecule is CCN(CC)Cc1ccc(C(=O)NNC(=O)CN(C)C(=O)OC(C)(C)C)o1. The predicted molar refractivity (Wildman–Crippen MR) is 99.8 cm³/mol. The molecule has 1 rings (SSSR count). The molecule has 0 aliphatic carbocycles. The van der Waals surface area contributed by atoms with Crippen LogP contribution >= 0.6 is 0 Å². The highest BCUT2D eigenvalue weighted by Crippen LogP contribution is 2.11. The molecular formula is C18H30N4O5. The fourth-order valence-corrected chi connectivity index (χ4v) is 2.10. The molecule has 1 heterocycles. The Morgan fingerprint density at radius 2 is 1.74 bits per heavy atom. The first kappa shape index (κ1) is 22.5. The van der Waals surface area contributed by atoms with Gasteiger partial charge in [0, 0.05) is 7.05 Å². The van der Waals surface area contributed by atoms with Gasteiger partial charge in [-0.1, -0.05) is 13.8 Å². The van der Waals surface area contributed by atoms with Gasteiger partial charge < -0.3 is 14.1 Å². The van der Waals surface area contributed by atoms with E-state index in [0.717, 1.165) is 18.0 Å². The van der Waals surface area contributed by atoms with Gasteiger partial charge in [0.2, 0.25) is 0 Å². The quantitative estimate of drug-likeness (QED) is 0.696. The zero-order valence-corrected chi connectivity index (χ0v) is 16.9. The van der Waals surface area contributed by atoms with Crippen LogP contribution in [-0.4, -0.2) is 60.0 Å². The van der Waals surface area contributed by atoms with Crippen LogP contribution < -0.4 is 10.9 Å². The van der Waals surface area contributed by atoms with Crippen molar-refractivity contribution in [2.75, 3.05) is 26.7 Å². The lowest BCUT2D eigenvalue weighted by Gasteiger charge is -2.24. The molecule has 0 saturated heterocycles. The van der Waals surface area contributed by atoms with Crippen molar-refractivity contribution in [1.82, 2.24) is 20.7 Å². The molecule has 0 atom stereocenters. The Kier molecular flexibility index (Phi) is 8.30. The van der Waals surface area contributed by atoms with Gasteiger partial charge in [0.15, 0.2) is 5.76 Å². The highest BCUT2D eigenvalue weighted by molar-refractivity contribution is 5.93. The number of carbonyl (C=O) groups excluding carboxylic acids is 3. The zero-order valence-electron chi connectivity index (χ0n) is 16.9. The number of hydrazine groups is 1. The van der Waals surface area contributed by atoms with Crippen LogP contribution in [0.1, 0.15) is 50.9 Å². The maximum atomic E-state index is 12.1. The van der Waals surface area contributed by atoms with E-state index in [-0.39, 0.29) is 12.3 Å². The first-order valence-corrected chi connectivity index (χ1v) is 8.90. The van der Waals surface area contributed by atoms with E-state index in [1.54, 1.807) is 32.9 Å². The summed E-state index contributed by atoms with van der Waals surface area (Å²) in [7, 11) is 1.43. The van der Waals surface area contributed by atoms with Crippen molar-refractivity contribution in [2.24, 2.45) is 0 Å². The molecule has 1 aromatic heterocycles. The van der Waals surface area contributed by atoms with Gasteiger partial charge in [-0.2, -0.15) is 0 Å². The number of carbonyl (C=O) groups is 3. The van der Waals surface area contributed by atoms with Gasteiger partial charge in [0.1, 0.15) is 17.9 Å². The minimum absolute atomic E-state index is 0.0953. The fourth-order valence-electron chi connectivity index (χ4n) is 2.10. The Balaban J connectivity index is 2.46. The van der Waals surface area contributed by atoms with Gasteiger partial charge in [-0.25, -0.2) is 4.79 Å². The average Bonchev–Trinajstić information content (AvgIpc) is 3.04. The summed E-state index contributed by atoms with van der Waals surface area (Å²) >= 11 is 0. The molecule has 9 nitrogen and oxygen atoms in total. The van der Waals surface area contributed by atoms with Crippen molar-refractivity contribution in [3.8, 4) is 0 Å². The summed E-state index contributed by atoms with van der Waals surface area (Å²) in [6.45, 7) is 11.4. The third kappa shape index (κ3) is 8.12. The Morgan fingerprint density at radius 1 is 1.11 bits per heavy atom. The van der Waals surface area contributed by atoms with Crippen LogP contribution in [0.3, 0.4) is 0 Å². The molecule has 3 amide bonds. The molecule has 0 spiro atoms. The standard InChI is InChI=1S/C18H30N4O5/c1-7-22(8-2)11-13-9-10-14(26-13)16(24)20-19-15(23)12-21(6)17(25)27-18(3,4)5/h9-10H,7-8,11-12H2,1-6H3,(H,19,23)(H,20,24).